The first-order valence-corrected chi connectivity index (χ1v) is 10.2. The van der Waals surface area contributed by atoms with Gasteiger partial charge in [0.1, 0.15) is 4.90 Å². The maximum Gasteiger partial charge on any atom is 0.340 e. The Morgan fingerprint density at radius 3 is 2.32 bits per heavy atom. The maximum absolute atomic E-state index is 12.3. The zero-order chi connectivity index (χ0) is 21.1. The number of carbonyl (C=O) groups excluding carboxylic acids is 2. The molecule has 0 bridgehead atoms. The summed E-state index contributed by atoms with van der Waals surface area (Å²) in [6.07, 6.45) is 0. The summed E-state index contributed by atoms with van der Waals surface area (Å²) in [6.45, 7) is -0.611. The van der Waals surface area contributed by atoms with E-state index in [0.29, 0.717) is 0 Å². The van der Waals surface area contributed by atoms with Gasteiger partial charge in [0, 0.05) is 24.8 Å². The molecular weight excluding hydrogens is 451 g/mol. The van der Waals surface area contributed by atoms with E-state index in [2.05, 4.69) is 5.32 Å². The lowest BCUT2D eigenvalue weighted by molar-refractivity contribution is -0.119. The number of carbonyl (C=O) groups is 2. The third-order valence-corrected chi connectivity index (χ3v) is 6.32. The SMILES string of the molecule is CN(C)S(=O)(=O)c1cc(NC(=O)COC(=O)c2cc(Cl)ccc2Cl)ccc1Cl. The molecule has 150 valence electrons. The molecule has 0 spiro atoms. The summed E-state index contributed by atoms with van der Waals surface area (Å²) < 4.78 is 30.4. The van der Waals surface area contributed by atoms with E-state index in [1.165, 1.54) is 50.5 Å². The Morgan fingerprint density at radius 2 is 1.68 bits per heavy atom. The first-order valence-electron chi connectivity index (χ1n) is 7.66. The van der Waals surface area contributed by atoms with Gasteiger partial charge < -0.3 is 10.1 Å². The average Bonchev–Trinajstić information content (AvgIpc) is 2.63. The van der Waals surface area contributed by atoms with Gasteiger partial charge in [-0.25, -0.2) is 17.5 Å². The number of anilines is 1. The van der Waals surface area contributed by atoms with E-state index in [9.17, 15) is 18.0 Å². The van der Waals surface area contributed by atoms with Crippen molar-refractivity contribution in [2.24, 2.45) is 0 Å². The van der Waals surface area contributed by atoms with Crippen molar-refractivity contribution in [1.29, 1.82) is 0 Å². The lowest BCUT2D eigenvalue weighted by Crippen LogP contribution is -2.23. The normalized spacial score (nSPS) is 11.4. The first-order chi connectivity index (χ1) is 13.0. The summed E-state index contributed by atoms with van der Waals surface area (Å²) >= 11 is 17.7. The molecule has 0 atom stereocenters. The number of esters is 1. The lowest BCUT2D eigenvalue weighted by Gasteiger charge is -2.14. The van der Waals surface area contributed by atoms with Crippen LogP contribution < -0.4 is 5.32 Å². The van der Waals surface area contributed by atoms with Crippen LogP contribution in [0.25, 0.3) is 0 Å². The molecule has 2 aromatic rings. The van der Waals surface area contributed by atoms with Crippen molar-refractivity contribution in [3.05, 3.63) is 57.0 Å². The fourth-order valence-electron chi connectivity index (χ4n) is 2.04. The number of halogens is 3. The van der Waals surface area contributed by atoms with Crippen LogP contribution in [0.2, 0.25) is 15.1 Å². The molecule has 0 saturated carbocycles. The van der Waals surface area contributed by atoms with Crippen molar-refractivity contribution in [3.8, 4) is 0 Å². The summed E-state index contributed by atoms with van der Waals surface area (Å²) in [5.41, 5.74) is 0.194. The fraction of sp³-hybridized carbons (Fsp3) is 0.176. The maximum atomic E-state index is 12.3. The summed E-state index contributed by atoms with van der Waals surface area (Å²) in [6, 6.07) is 8.23. The second kappa shape index (κ2) is 9.11. The Kier molecular flexibility index (Phi) is 7.30. The second-order valence-electron chi connectivity index (χ2n) is 5.68. The average molecular weight is 466 g/mol. The summed E-state index contributed by atoms with van der Waals surface area (Å²) in [5.74, 6) is -1.50. The van der Waals surface area contributed by atoms with Gasteiger partial charge in [-0.1, -0.05) is 34.8 Å². The number of nitrogens with one attached hydrogen (secondary N) is 1. The van der Waals surface area contributed by atoms with Crippen molar-refractivity contribution < 1.29 is 22.7 Å². The molecular formula is C17H15Cl3N2O5S. The molecule has 0 heterocycles. The van der Waals surface area contributed by atoms with Crippen molar-refractivity contribution in [3.63, 3.8) is 0 Å². The lowest BCUT2D eigenvalue weighted by atomic mass is 10.2. The molecule has 0 aromatic heterocycles. The van der Waals surface area contributed by atoms with Crippen molar-refractivity contribution in [1.82, 2.24) is 4.31 Å². The molecule has 0 radical (unpaired) electrons. The number of hydrogen-bond donors (Lipinski definition) is 1. The molecule has 0 aliphatic carbocycles. The van der Waals surface area contributed by atoms with Crippen LogP contribution in [-0.2, 0) is 19.6 Å². The number of hydrogen-bond acceptors (Lipinski definition) is 5. The summed E-state index contributed by atoms with van der Waals surface area (Å²) in [7, 11) is -1.08. The topological polar surface area (TPSA) is 92.8 Å². The van der Waals surface area contributed by atoms with E-state index < -0.39 is 28.5 Å². The summed E-state index contributed by atoms with van der Waals surface area (Å²) in [5, 5.41) is 2.86. The molecule has 2 aromatic carbocycles. The zero-order valence-electron chi connectivity index (χ0n) is 14.7. The largest absolute Gasteiger partial charge is 0.452 e. The molecule has 0 aliphatic rings. The van der Waals surface area contributed by atoms with Gasteiger partial charge in [-0.15, -0.1) is 0 Å². The standard InChI is InChI=1S/C17H15Cl3N2O5S/c1-22(2)28(25,26)15-8-11(4-6-14(15)20)21-16(23)9-27-17(24)12-7-10(18)3-5-13(12)19/h3-8H,9H2,1-2H3,(H,21,23). The Bertz CT molecular complexity index is 1030. The molecule has 0 saturated heterocycles. The van der Waals surface area contributed by atoms with Crippen LogP contribution in [-0.4, -0.2) is 45.3 Å². The van der Waals surface area contributed by atoms with Gasteiger partial charge in [-0.3, -0.25) is 4.79 Å². The van der Waals surface area contributed by atoms with E-state index >= 15 is 0 Å². The molecule has 0 fully saturated rings. The molecule has 0 unspecified atom stereocenters. The van der Waals surface area contributed by atoms with Crippen LogP contribution in [0.1, 0.15) is 10.4 Å². The summed E-state index contributed by atoms with van der Waals surface area (Å²) in [4.78, 5) is 23.9. The number of rotatable bonds is 6. The van der Waals surface area contributed by atoms with Gasteiger partial charge in [-0.2, -0.15) is 0 Å². The van der Waals surface area contributed by atoms with E-state index in [1.807, 2.05) is 0 Å². The van der Waals surface area contributed by atoms with Gasteiger partial charge in [0.25, 0.3) is 5.91 Å². The molecule has 2 rings (SSSR count). The number of nitrogens with zero attached hydrogens (tertiary/aromatic N) is 1. The predicted molar refractivity (Wildman–Crippen MR) is 108 cm³/mol. The highest BCUT2D eigenvalue weighted by Gasteiger charge is 2.22. The Balaban J connectivity index is 2.08. The van der Waals surface area contributed by atoms with Crippen LogP contribution in [0.15, 0.2) is 41.3 Å². The Labute approximate surface area is 177 Å². The second-order valence-corrected chi connectivity index (χ2v) is 9.05. The van der Waals surface area contributed by atoms with Crippen LogP contribution in [0.3, 0.4) is 0 Å². The molecule has 11 heteroatoms. The molecule has 7 nitrogen and oxygen atoms in total. The number of sulfonamides is 1. The van der Waals surface area contributed by atoms with Gasteiger partial charge in [0.2, 0.25) is 10.0 Å². The molecule has 1 amide bonds. The Hall–Kier alpha value is -1.84. The zero-order valence-corrected chi connectivity index (χ0v) is 17.8. The van der Waals surface area contributed by atoms with Gasteiger partial charge in [0.05, 0.1) is 15.6 Å². The highest BCUT2D eigenvalue weighted by atomic mass is 35.5. The third kappa shape index (κ3) is 5.36. The van der Waals surface area contributed by atoms with Crippen molar-refractivity contribution in [2.45, 2.75) is 4.90 Å². The smallest absolute Gasteiger partial charge is 0.340 e. The molecule has 28 heavy (non-hydrogen) atoms. The monoisotopic (exact) mass is 464 g/mol. The third-order valence-electron chi connectivity index (χ3n) is 3.46. The quantitative estimate of drug-likeness (QED) is 0.657. The van der Waals surface area contributed by atoms with Crippen LogP contribution in [0.4, 0.5) is 5.69 Å². The minimum atomic E-state index is -3.80. The van der Waals surface area contributed by atoms with E-state index in [4.69, 9.17) is 39.5 Å². The van der Waals surface area contributed by atoms with Crippen molar-refractivity contribution >= 4 is 62.4 Å². The van der Waals surface area contributed by atoms with Gasteiger partial charge >= 0.3 is 5.97 Å². The first kappa shape index (κ1) is 22.4. The predicted octanol–water partition coefficient (Wildman–Crippen LogP) is 3.69. The number of amides is 1. The molecule has 1 N–H and O–H groups in total. The van der Waals surface area contributed by atoms with Gasteiger partial charge in [-0.05, 0) is 36.4 Å². The highest BCUT2D eigenvalue weighted by Crippen LogP contribution is 2.27. The highest BCUT2D eigenvalue weighted by molar-refractivity contribution is 7.89. The van der Waals surface area contributed by atoms with Crippen LogP contribution in [0.5, 0.6) is 0 Å². The van der Waals surface area contributed by atoms with Crippen molar-refractivity contribution in [2.75, 3.05) is 26.0 Å². The minimum absolute atomic E-state index is 0.00808. The Morgan fingerprint density at radius 1 is 1.04 bits per heavy atom. The number of ether oxygens (including phenoxy) is 1. The van der Waals surface area contributed by atoms with Crippen LogP contribution >= 0.6 is 34.8 Å². The van der Waals surface area contributed by atoms with E-state index in [1.54, 1.807) is 0 Å². The minimum Gasteiger partial charge on any atom is -0.452 e. The molecule has 0 aliphatic heterocycles. The van der Waals surface area contributed by atoms with E-state index in [-0.39, 0.29) is 31.2 Å². The van der Waals surface area contributed by atoms with E-state index in [0.717, 1.165) is 4.31 Å². The van der Waals surface area contributed by atoms with Crippen LogP contribution in [0, 0.1) is 0 Å². The number of benzene rings is 2. The van der Waals surface area contributed by atoms with Gasteiger partial charge in [0.15, 0.2) is 6.61 Å². The fourth-order valence-corrected chi connectivity index (χ4v) is 3.80.